The Hall–Kier alpha value is -1.06. The molecule has 1 aliphatic heterocycles. The van der Waals surface area contributed by atoms with Crippen LogP contribution >= 0.6 is 0 Å². The van der Waals surface area contributed by atoms with Crippen LogP contribution in [-0.4, -0.2) is 35.0 Å². The zero-order chi connectivity index (χ0) is 12.5. The highest BCUT2D eigenvalue weighted by molar-refractivity contribution is 5.80. The lowest BCUT2D eigenvalue weighted by atomic mass is 9.70. The smallest absolute Gasteiger partial charge is 0.311 e. The third-order valence-corrected chi connectivity index (χ3v) is 4.35. The van der Waals surface area contributed by atoms with E-state index in [1.807, 2.05) is 0 Å². The average Bonchev–Trinajstić information content (AvgIpc) is 2.68. The predicted molar refractivity (Wildman–Crippen MR) is 63.5 cm³/mol. The summed E-state index contributed by atoms with van der Waals surface area (Å²) in [6.45, 7) is 3.34. The minimum absolute atomic E-state index is 0.129. The van der Waals surface area contributed by atoms with Gasteiger partial charge in [-0.3, -0.25) is 9.59 Å². The van der Waals surface area contributed by atoms with Crippen molar-refractivity contribution in [3.63, 3.8) is 0 Å². The molecule has 2 aliphatic rings. The van der Waals surface area contributed by atoms with Crippen molar-refractivity contribution in [3.05, 3.63) is 0 Å². The molecule has 0 atom stereocenters. The number of aliphatic carboxylic acids is 1. The molecule has 4 nitrogen and oxygen atoms in total. The summed E-state index contributed by atoms with van der Waals surface area (Å²) in [5.41, 5.74) is -0.674. The zero-order valence-electron chi connectivity index (χ0n) is 10.4. The van der Waals surface area contributed by atoms with Gasteiger partial charge in [0, 0.05) is 19.5 Å². The van der Waals surface area contributed by atoms with E-state index in [2.05, 4.69) is 6.92 Å². The van der Waals surface area contributed by atoms with Gasteiger partial charge in [-0.15, -0.1) is 0 Å². The van der Waals surface area contributed by atoms with E-state index >= 15 is 0 Å². The predicted octanol–water partition coefficient (Wildman–Crippen LogP) is 1.89. The molecule has 96 valence electrons. The van der Waals surface area contributed by atoms with E-state index in [0.29, 0.717) is 31.7 Å². The normalized spacial score (nSPS) is 34.1. The van der Waals surface area contributed by atoms with E-state index in [4.69, 9.17) is 0 Å². The highest BCUT2D eigenvalue weighted by Gasteiger charge is 2.43. The van der Waals surface area contributed by atoms with Crippen LogP contribution in [0.5, 0.6) is 0 Å². The van der Waals surface area contributed by atoms with E-state index in [1.165, 1.54) is 0 Å². The third kappa shape index (κ3) is 2.45. The highest BCUT2D eigenvalue weighted by atomic mass is 16.4. The lowest BCUT2D eigenvalue weighted by Gasteiger charge is -2.38. The summed E-state index contributed by atoms with van der Waals surface area (Å²) in [6.07, 6.45) is 4.83. The number of hydrogen-bond acceptors (Lipinski definition) is 2. The van der Waals surface area contributed by atoms with Crippen LogP contribution in [0.2, 0.25) is 0 Å². The number of carboxylic acids is 1. The Morgan fingerprint density at radius 3 is 2.59 bits per heavy atom. The summed E-state index contributed by atoms with van der Waals surface area (Å²) in [6, 6.07) is 0. The van der Waals surface area contributed by atoms with Crippen molar-refractivity contribution in [1.29, 1.82) is 0 Å². The topological polar surface area (TPSA) is 57.6 Å². The van der Waals surface area contributed by atoms with Crippen molar-refractivity contribution in [2.24, 2.45) is 11.3 Å². The van der Waals surface area contributed by atoms with Crippen LogP contribution in [0, 0.1) is 11.3 Å². The van der Waals surface area contributed by atoms with Crippen molar-refractivity contribution in [1.82, 2.24) is 4.90 Å². The lowest BCUT2D eigenvalue weighted by molar-refractivity contribution is -0.154. The number of amides is 1. The molecule has 17 heavy (non-hydrogen) atoms. The van der Waals surface area contributed by atoms with Gasteiger partial charge in [0.2, 0.25) is 5.91 Å². The molecule has 1 amide bonds. The number of carbonyl (C=O) groups excluding carboxylic acids is 1. The van der Waals surface area contributed by atoms with Crippen molar-refractivity contribution >= 4 is 11.9 Å². The standard InChI is InChI=1S/C13H21NO3/c1-10-4-6-13(7-5-10,12(16)17)9-14-8-2-3-11(14)15/h10H,2-9H2,1H3,(H,16,17). The molecule has 2 fully saturated rings. The largest absolute Gasteiger partial charge is 0.481 e. The van der Waals surface area contributed by atoms with Crippen LogP contribution in [0.25, 0.3) is 0 Å². The highest BCUT2D eigenvalue weighted by Crippen LogP contribution is 2.40. The Kier molecular flexibility index (Phi) is 3.40. The van der Waals surface area contributed by atoms with Crippen molar-refractivity contribution in [2.45, 2.75) is 45.4 Å². The van der Waals surface area contributed by atoms with E-state index in [-0.39, 0.29) is 5.91 Å². The maximum absolute atomic E-state index is 11.6. The summed E-state index contributed by atoms with van der Waals surface area (Å²) in [5, 5.41) is 9.48. The first-order valence-electron chi connectivity index (χ1n) is 6.55. The Morgan fingerprint density at radius 2 is 2.12 bits per heavy atom. The number of rotatable bonds is 3. The quantitative estimate of drug-likeness (QED) is 0.818. The fourth-order valence-electron chi connectivity index (χ4n) is 2.99. The first-order chi connectivity index (χ1) is 8.03. The SMILES string of the molecule is CC1CCC(CN2CCCC2=O)(C(=O)O)CC1. The van der Waals surface area contributed by atoms with Gasteiger partial charge in [-0.1, -0.05) is 6.92 Å². The molecule has 0 radical (unpaired) electrons. The molecule has 1 saturated heterocycles. The molecule has 0 aromatic rings. The second-order valence-corrected chi connectivity index (χ2v) is 5.69. The molecule has 0 aromatic carbocycles. The Bertz CT molecular complexity index is 319. The van der Waals surface area contributed by atoms with Crippen LogP contribution in [-0.2, 0) is 9.59 Å². The van der Waals surface area contributed by atoms with Gasteiger partial charge < -0.3 is 10.0 Å². The minimum Gasteiger partial charge on any atom is -0.481 e. The number of hydrogen-bond donors (Lipinski definition) is 1. The first kappa shape index (κ1) is 12.4. The fraction of sp³-hybridized carbons (Fsp3) is 0.846. The van der Waals surface area contributed by atoms with Crippen LogP contribution in [0.1, 0.15) is 45.4 Å². The molecule has 0 aromatic heterocycles. The molecule has 4 heteroatoms. The Labute approximate surface area is 102 Å². The lowest BCUT2D eigenvalue weighted by Crippen LogP contribution is -2.45. The molecule has 0 unspecified atom stereocenters. The van der Waals surface area contributed by atoms with Crippen molar-refractivity contribution in [2.75, 3.05) is 13.1 Å². The summed E-state index contributed by atoms with van der Waals surface area (Å²) in [5.74, 6) is 0.0325. The molecule has 0 bridgehead atoms. The molecular formula is C13H21NO3. The molecular weight excluding hydrogens is 218 g/mol. The van der Waals surface area contributed by atoms with Gasteiger partial charge in [0.05, 0.1) is 5.41 Å². The van der Waals surface area contributed by atoms with Crippen molar-refractivity contribution < 1.29 is 14.7 Å². The van der Waals surface area contributed by atoms with Crippen molar-refractivity contribution in [3.8, 4) is 0 Å². The van der Waals surface area contributed by atoms with E-state index in [9.17, 15) is 14.7 Å². The van der Waals surface area contributed by atoms with Crippen LogP contribution in [0.15, 0.2) is 0 Å². The van der Waals surface area contributed by atoms with Crippen LogP contribution in [0.4, 0.5) is 0 Å². The minimum atomic E-state index is -0.718. The second kappa shape index (κ2) is 4.67. The van der Waals surface area contributed by atoms with Gasteiger partial charge in [0.25, 0.3) is 0 Å². The molecule has 2 rings (SSSR count). The molecule has 1 saturated carbocycles. The maximum Gasteiger partial charge on any atom is 0.311 e. The van der Waals surface area contributed by atoms with E-state index < -0.39 is 11.4 Å². The van der Waals surface area contributed by atoms with E-state index in [0.717, 1.165) is 25.8 Å². The fourth-order valence-corrected chi connectivity index (χ4v) is 2.99. The molecule has 1 N–H and O–H groups in total. The Balaban J connectivity index is 2.07. The van der Waals surface area contributed by atoms with Crippen LogP contribution in [0.3, 0.4) is 0 Å². The summed E-state index contributed by atoms with van der Waals surface area (Å²) in [7, 11) is 0. The summed E-state index contributed by atoms with van der Waals surface area (Å²) in [4.78, 5) is 24.9. The molecule has 1 heterocycles. The molecule has 1 aliphatic carbocycles. The molecule has 0 spiro atoms. The van der Waals surface area contributed by atoms with Gasteiger partial charge >= 0.3 is 5.97 Å². The van der Waals surface area contributed by atoms with Gasteiger partial charge in [-0.25, -0.2) is 0 Å². The van der Waals surface area contributed by atoms with Crippen LogP contribution < -0.4 is 0 Å². The second-order valence-electron chi connectivity index (χ2n) is 5.69. The van der Waals surface area contributed by atoms with Gasteiger partial charge in [-0.2, -0.15) is 0 Å². The first-order valence-corrected chi connectivity index (χ1v) is 6.55. The number of likely N-dealkylation sites (tertiary alicyclic amines) is 1. The maximum atomic E-state index is 11.6. The number of carbonyl (C=O) groups is 2. The monoisotopic (exact) mass is 239 g/mol. The third-order valence-electron chi connectivity index (χ3n) is 4.35. The number of carboxylic acid groups (broad SMARTS) is 1. The van der Waals surface area contributed by atoms with E-state index in [1.54, 1.807) is 4.90 Å². The van der Waals surface area contributed by atoms with Gasteiger partial charge in [0.1, 0.15) is 0 Å². The summed E-state index contributed by atoms with van der Waals surface area (Å²) < 4.78 is 0. The van der Waals surface area contributed by atoms with Gasteiger partial charge in [0.15, 0.2) is 0 Å². The zero-order valence-corrected chi connectivity index (χ0v) is 10.4. The number of nitrogens with zero attached hydrogens (tertiary/aromatic N) is 1. The Morgan fingerprint density at radius 1 is 1.47 bits per heavy atom. The average molecular weight is 239 g/mol. The van der Waals surface area contributed by atoms with Gasteiger partial charge in [-0.05, 0) is 38.0 Å². The summed E-state index contributed by atoms with van der Waals surface area (Å²) >= 11 is 0.